The lowest BCUT2D eigenvalue weighted by Crippen LogP contribution is -2.48. The number of rotatable bonds is 6. The molecule has 0 spiro atoms. The van der Waals surface area contributed by atoms with Crippen LogP contribution >= 0.6 is 0 Å². The van der Waals surface area contributed by atoms with Crippen LogP contribution in [-0.4, -0.2) is 26.1 Å². The average molecular weight is 258 g/mol. The summed E-state index contributed by atoms with van der Waals surface area (Å²) in [5, 5.41) is 9.68. The molecule has 1 N–H and O–H groups in total. The van der Waals surface area contributed by atoms with Gasteiger partial charge in [0.15, 0.2) is 8.32 Å². The number of aliphatic hydroxyl groups excluding tert-OH is 1. The summed E-state index contributed by atoms with van der Waals surface area (Å²) in [6.45, 7) is 19.2. The van der Waals surface area contributed by atoms with Crippen LogP contribution in [0.2, 0.25) is 18.1 Å². The Hall–Kier alpha value is -0.123. The minimum atomic E-state index is -1.79. The molecule has 0 aliphatic rings. The molecule has 0 saturated heterocycles. The van der Waals surface area contributed by atoms with E-state index < -0.39 is 8.32 Å². The average Bonchev–Trinajstić information content (AvgIpc) is 2.15. The fourth-order valence-electron chi connectivity index (χ4n) is 1.31. The van der Waals surface area contributed by atoms with Crippen molar-refractivity contribution in [1.29, 1.82) is 0 Å². The van der Waals surface area contributed by atoms with E-state index in [1.54, 1.807) is 0 Å². The Morgan fingerprint density at radius 3 is 2.00 bits per heavy atom. The lowest BCUT2D eigenvalue weighted by atomic mass is 9.86. The summed E-state index contributed by atoms with van der Waals surface area (Å²) in [4.78, 5) is 0. The predicted octanol–water partition coefficient (Wildman–Crippen LogP) is 3.97. The van der Waals surface area contributed by atoms with Gasteiger partial charge in [0.1, 0.15) is 0 Å². The molecule has 0 amide bonds. The lowest BCUT2D eigenvalue weighted by molar-refractivity contribution is 0.0182. The Kier molecular flexibility index (Phi) is 5.64. The Morgan fingerprint density at radius 2 is 1.71 bits per heavy atom. The van der Waals surface area contributed by atoms with Gasteiger partial charge in [0, 0.05) is 5.41 Å². The van der Waals surface area contributed by atoms with E-state index in [0.717, 1.165) is 6.42 Å². The van der Waals surface area contributed by atoms with E-state index in [2.05, 4.69) is 40.4 Å². The van der Waals surface area contributed by atoms with Crippen LogP contribution in [0.1, 0.15) is 41.0 Å². The number of hydrogen-bond acceptors (Lipinski definition) is 2. The normalized spacial score (nSPS) is 15.8. The molecule has 0 aromatic rings. The Balaban J connectivity index is 4.95. The molecule has 0 aromatic heterocycles. The van der Waals surface area contributed by atoms with E-state index in [9.17, 15) is 5.11 Å². The summed E-state index contributed by atoms with van der Waals surface area (Å²) in [5.74, 6) is 0. The van der Waals surface area contributed by atoms with Crippen LogP contribution in [0.4, 0.5) is 0 Å². The van der Waals surface area contributed by atoms with Gasteiger partial charge in [-0.3, -0.25) is 0 Å². The first-order valence-corrected chi connectivity index (χ1v) is 9.28. The van der Waals surface area contributed by atoms with Crippen LogP contribution < -0.4 is 0 Å². The van der Waals surface area contributed by atoms with Gasteiger partial charge in [0.2, 0.25) is 0 Å². The second kappa shape index (κ2) is 5.68. The van der Waals surface area contributed by atoms with E-state index in [4.69, 9.17) is 4.43 Å². The molecule has 0 aliphatic heterocycles. The van der Waals surface area contributed by atoms with Crippen molar-refractivity contribution in [3.8, 4) is 0 Å². The van der Waals surface area contributed by atoms with E-state index in [-0.39, 0.29) is 23.2 Å². The second-order valence-corrected chi connectivity index (χ2v) is 11.8. The van der Waals surface area contributed by atoms with Crippen molar-refractivity contribution in [3.63, 3.8) is 0 Å². The molecule has 0 aliphatic carbocycles. The van der Waals surface area contributed by atoms with Crippen molar-refractivity contribution in [2.45, 2.75) is 65.3 Å². The number of aliphatic hydroxyl groups is 1. The van der Waals surface area contributed by atoms with Crippen molar-refractivity contribution in [2.75, 3.05) is 6.61 Å². The first kappa shape index (κ1) is 16.9. The maximum absolute atomic E-state index is 9.49. The second-order valence-electron chi connectivity index (χ2n) is 7.04. The molecular weight excluding hydrogens is 228 g/mol. The molecule has 102 valence electrons. The molecule has 0 fully saturated rings. The standard InChI is InChI=1S/C14H30O2Si/c1-9-10-12(14(5,6)11-15)16-17(7,8)13(2,3)4/h9,12,15H,1,10-11H2,2-8H3/t12-/m1/s1. The molecule has 17 heavy (non-hydrogen) atoms. The Bertz CT molecular complexity index is 251. The lowest BCUT2D eigenvalue weighted by Gasteiger charge is -2.43. The van der Waals surface area contributed by atoms with E-state index in [1.165, 1.54) is 0 Å². The molecule has 0 radical (unpaired) electrons. The molecule has 0 aromatic carbocycles. The quantitative estimate of drug-likeness (QED) is 0.577. The van der Waals surface area contributed by atoms with Crippen LogP contribution in [0.15, 0.2) is 12.7 Å². The van der Waals surface area contributed by atoms with Crippen molar-refractivity contribution >= 4 is 8.32 Å². The monoisotopic (exact) mass is 258 g/mol. The third kappa shape index (κ3) is 4.57. The summed E-state index contributed by atoms with van der Waals surface area (Å²) in [6, 6.07) is 0. The molecule has 0 heterocycles. The SMILES string of the molecule is C=CC[C@@H](O[Si](C)(C)C(C)(C)C)C(C)(C)CO. The zero-order valence-electron chi connectivity index (χ0n) is 12.6. The van der Waals surface area contributed by atoms with Crippen molar-refractivity contribution < 1.29 is 9.53 Å². The van der Waals surface area contributed by atoms with Gasteiger partial charge >= 0.3 is 0 Å². The Labute approximate surface area is 108 Å². The van der Waals surface area contributed by atoms with Crippen LogP contribution in [0.25, 0.3) is 0 Å². The highest BCUT2D eigenvalue weighted by Crippen LogP contribution is 2.40. The van der Waals surface area contributed by atoms with Gasteiger partial charge in [0.05, 0.1) is 12.7 Å². The van der Waals surface area contributed by atoms with Gasteiger partial charge in [-0.2, -0.15) is 0 Å². The van der Waals surface area contributed by atoms with Gasteiger partial charge in [0.25, 0.3) is 0 Å². The minimum absolute atomic E-state index is 0.0471. The van der Waals surface area contributed by atoms with Gasteiger partial charge in [-0.25, -0.2) is 0 Å². The van der Waals surface area contributed by atoms with E-state index in [1.807, 2.05) is 19.9 Å². The largest absolute Gasteiger partial charge is 0.413 e. The predicted molar refractivity (Wildman–Crippen MR) is 77.8 cm³/mol. The summed E-state index contributed by atoms with van der Waals surface area (Å²) >= 11 is 0. The van der Waals surface area contributed by atoms with Gasteiger partial charge < -0.3 is 9.53 Å². The molecule has 1 atom stereocenters. The molecular formula is C14H30O2Si. The van der Waals surface area contributed by atoms with E-state index in [0.29, 0.717) is 0 Å². The zero-order valence-corrected chi connectivity index (χ0v) is 13.6. The smallest absolute Gasteiger partial charge is 0.192 e. The fourth-order valence-corrected chi connectivity index (χ4v) is 2.79. The molecule has 3 heteroatoms. The third-order valence-electron chi connectivity index (χ3n) is 3.90. The van der Waals surface area contributed by atoms with Crippen LogP contribution in [0.3, 0.4) is 0 Å². The highest BCUT2D eigenvalue weighted by Gasteiger charge is 2.42. The zero-order chi connectivity index (χ0) is 13.9. The van der Waals surface area contributed by atoms with Crippen molar-refractivity contribution in [2.24, 2.45) is 5.41 Å². The van der Waals surface area contributed by atoms with Gasteiger partial charge in [-0.1, -0.05) is 40.7 Å². The maximum Gasteiger partial charge on any atom is 0.192 e. The van der Waals surface area contributed by atoms with Gasteiger partial charge in [-0.05, 0) is 24.6 Å². The fraction of sp³-hybridized carbons (Fsp3) is 0.857. The van der Waals surface area contributed by atoms with E-state index >= 15 is 0 Å². The molecule has 0 rings (SSSR count). The van der Waals surface area contributed by atoms with Crippen LogP contribution in [0, 0.1) is 5.41 Å². The van der Waals surface area contributed by atoms with Crippen LogP contribution in [0.5, 0.6) is 0 Å². The first-order chi connectivity index (χ1) is 7.48. The maximum atomic E-state index is 9.49. The van der Waals surface area contributed by atoms with Crippen molar-refractivity contribution in [1.82, 2.24) is 0 Å². The first-order valence-electron chi connectivity index (χ1n) is 6.37. The topological polar surface area (TPSA) is 29.5 Å². The summed E-state index contributed by atoms with van der Waals surface area (Å²) in [6.07, 6.45) is 2.72. The summed E-state index contributed by atoms with van der Waals surface area (Å²) in [7, 11) is -1.79. The highest BCUT2D eigenvalue weighted by atomic mass is 28.4. The Morgan fingerprint density at radius 1 is 1.24 bits per heavy atom. The van der Waals surface area contributed by atoms with Crippen molar-refractivity contribution in [3.05, 3.63) is 12.7 Å². The minimum Gasteiger partial charge on any atom is -0.413 e. The van der Waals surface area contributed by atoms with Crippen LogP contribution in [-0.2, 0) is 4.43 Å². The number of hydrogen-bond donors (Lipinski definition) is 1. The third-order valence-corrected chi connectivity index (χ3v) is 8.39. The molecule has 2 nitrogen and oxygen atoms in total. The summed E-state index contributed by atoms with van der Waals surface area (Å²) in [5.41, 5.74) is -0.219. The molecule has 0 unspecified atom stereocenters. The molecule has 0 bridgehead atoms. The molecule has 0 saturated carbocycles. The highest BCUT2D eigenvalue weighted by molar-refractivity contribution is 6.74. The van der Waals surface area contributed by atoms with Gasteiger partial charge in [-0.15, -0.1) is 6.58 Å². The summed E-state index contributed by atoms with van der Waals surface area (Å²) < 4.78 is 6.41.